The fraction of sp³-hybridized carbons (Fsp3) is 0.231. The van der Waals surface area contributed by atoms with E-state index in [0.29, 0.717) is 23.7 Å². The van der Waals surface area contributed by atoms with Gasteiger partial charge in [-0.25, -0.2) is 0 Å². The summed E-state index contributed by atoms with van der Waals surface area (Å²) in [4.78, 5) is 12.1. The normalized spacial score (nSPS) is 10.1. The zero-order chi connectivity index (χ0) is 13.0. The molecule has 1 aromatic carbocycles. The molecule has 0 radical (unpaired) electrons. The summed E-state index contributed by atoms with van der Waals surface area (Å²) in [5.74, 6) is 0.875. The molecule has 0 spiro atoms. The molecule has 5 heteroatoms. The molecule has 0 bridgehead atoms. The zero-order valence-electron chi connectivity index (χ0n) is 10.4. The number of rotatable bonds is 4. The summed E-state index contributed by atoms with van der Waals surface area (Å²) >= 11 is 0. The molecule has 1 aromatic heterocycles. The minimum absolute atomic E-state index is 0.224. The van der Waals surface area contributed by atoms with E-state index in [1.165, 1.54) is 0 Å². The number of nitrogens with one attached hydrogen (secondary N) is 1. The first-order chi connectivity index (χ1) is 8.70. The Balaban J connectivity index is 2.18. The van der Waals surface area contributed by atoms with Crippen molar-refractivity contribution in [2.75, 3.05) is 11.9 Å². The molecule has 94 valence electrons. The Morgan fingerprint density at radius 3 is 2.83 bits per heavy atom. The van der Waals surface area contributed by atoms with E-state index in [0.717, 1.165) is 0 Å². The van der Waals surface area contributed by atoms with Crippen LogP contribution < -0.4 is 10.1 Å². The Hall–Kier alpha value is -2.30. The first-order valence-electron chi connectivity index (χ1n) is 5.73. The molecule has 0 aliphatic carbocycles. The molecule has 2 rings (SSSR count). The van der Waals surface area contributed by atoms with Gasteiger partial charge in [-0.3, -0.25) is 9.48 Å². The summed E-state index contributed by atoms with van der Waals surface area (Å²) in [7, 11) is 1.80. The first-order valence-corrected chi connectivity index (χ1v) is 5.73. The molecule has 1 heterocycles. The predicted octanol–water partition coefficient (Wildman–Crippen LogP) is 2.07. The minimum atomic E-state index is -0.224. The maximum Gasteiger partial charge on any atom is 0.260 e. The van der Waals surface area contributed by atoms with Gasteiger partial charge >= 0.3 is 0 Å². The van der Waals surface area contributed by atoms with Gasteiger partial charge in [0, 0.05) is 19.3 Å². The number of hydrogen-bond donors (Lipinski definition) is 1. The van der Waals surface area contributed by atoms with Gasteiger partial charge in [0.05, 0.1) is 12.2 Å². The lowest BCUT2D eigenvalue weighted by molar-refractivity contribution is 0.102. The highest BCUT2D eigenvalue weighted by atomic mass is 16.5. The second-order valence-corrected chi connectivity index (χ2v) is 3.76. The Morgan fingerprint density at radius 1 is 1.39 bits per heavy atom. The molecular formula is C13H15N3O2. The summed E-state index contributed by atoms with van der Waals surface area (Å²) in [6.45, 7) is 2.40. The van der Waals surface area contributed by atoms with Crippen LogP contribution in [0.3, 0.4) is 0 Å². The number of benzene rings is 1. The lowest BCUT2D eigenvalue weighted by atomic mass is 10.2. The number of amides is 1. The molecule has 18 heavy (non-hydrogen) atoms. The topological polar surface area (TPSA) is 56.1 Å². The van der Waals surface area contributed by atoms with Crippen LogP contribution in [0.1, 0.15) is 17.3 Å². The van der Waals surface area contributed by atoms with E-state index in [2.05, 4.69) is 10.4 Å². The number of hydrogen-bond acceptors (Lipinski definition) is 3. The molecule has 0 saturated carbocycles. The largest absolute Gasteiger partial charge is 0.493 e. The summed E-state index contributed by atoms with van der Waals surface area (Å²) in [5.41, 5.74) is 0.505. The standard InChI is InChI=1S/C13H15N3O2/c1-3-18-11-7-5-4-6-10(11)13(17)14-12-8-9-16(2)15-12/h4-9H,3H2,1-2H3,(H,14,15,17). The molecule has 0 saturated heterocycles. The Morgan fingerprint density at radius 2 is 2.17 bits per heavy atom. The average Bonchev–Trinajstić information content (AvgIpc) is 2.76. The van der Waals surface area contributed by atoms with Crippen molar-refractivity contribution in [2.24, 2.45) is 7.05 Å². The van der Waals surface area contributed by atoms with E-state index in [4.69, 9.17) is 4.74 Å². The summed E-state index contributed by atoms with van der Waals surface area (Å²) in [6, 6.07) is 8.87. The molecule has 0 unspecified atom stereocenters. The number of para-hydroxylation sites is 1. The summed E-state index contributed by atoms with van der Waals surface area (Å²) < 4.78 is 7.04. The van der Waals surface area contributed by atoms with Crippen molar-refractivity contribution in [3.63, 3.8) is 0 Å². The van der Waals surface area contributed by atoms with Gasteiger partial charge in [-0.15, -0.1) is 0 Å². The van der Waals surface area contributed by atoms with Gasteiger partial charge in [0.1, 0.15) is 5.75 Å². The molecular weight excluding hydrogens is 230 g/mol. The number of carbonyl (C=O) groups excluding carboxylic acids is 1. The third kappa shape index (κ3) is 2.68. The van der Waals surface area contributed by atoms with E-state index in [-0.39, 0.29) is 5.91 Å². The fourth-order valence-corrected chi connectivity index (χ4v) is 1.60. The number of carbonyl (C=O) groups is 1. The van der Waals surface area contributed by atoms with Crippen molar-refractivity contribution in [2.45, 2.75) is 6.92 Å². The Bertz CT molecular complexity index is 549. The maximum absolute atomic E-state index is 12.1. The van der Waals surface area contributed by atoms with Gasteiger partial charge in [0.25, 0.3) is 5.91 Å². The Labute approximate surface area is 105 Å². The third-order valence-corrected chi connectivity index (χ3v) is 2.39. The second-order valence-electron chi connectivity index (χ2n) is 3.76. The molecule has 5 nitrogen and oxygen atoms in total. The van der Waals surface area contributed by atoms with Gasteiger partial charge in [-0.2, -0.15) is 5.10 Å². The molecule has 2 aromatic rings. The maximum atomic E-state index is 12.1. The SMILES string of the molecule is CCOc1ccccc1C(=O)Nc1ccn(C)n1. The van der Waals surface area contributed by atoms with Gasteiger partial charge in [-0.1, -0.05) is 12.1 Å². The van der Waals surface area contributed by atoms with Crippen molar-refractivity contribution in [1.29, 1.82) is 0 Å². The van der Waals surface area contributed by atoms with E-state index >= 15 is 0 Å². The van der Waals surface area contributed by atoms with E-state index in [1.807, 2.05) is 13.0 Å². The molecule has 0 aliphatic rings. The first kappa shape index (κ1) is 12.2. The molecule has 0 fully saturated rings. The van der Waals surface area contributed by atoms with Crippen LogP contribution in [0.5, 0.6) is 5.75 Å². The van der Waals surface area contributed by atoms with Crippen molar-refractivity contribution < 1.29 is 9.53 Å². The molecule has 0 atom stereocenters. The second kappa shape index (κ2) is 5.35. The monoisotopic (exact) mass is 245 g/mol. The van der Waals surface area contributed by atoms with Crippen LogP contribution in [-0.4, -0.2) is 22.3 Å². The van der Waals surface area contributed by atoms with E-state index in [1.54, 1.807) is 42.2 Å². The van der Waals surface area contributed by atoms with Crippen LogP contribution in [-0.2, 0) is 7.05 Å². The molecule has 0 aliphatic heterocycles. The highest BCUT2D eigenvalue weighted by Crippen LogP contribution is 2.19. The summed E-state index contributed by atoms with van der Waals surface area (Å²) in [5, 5.41) is 6.82. The lowest BCUT2D eigenvalue weighted by Crippen LogP contribution is -2.14. The van der Waals surface area contributed by atoms with Gasteiger partial charge < -0.3 is 10.1 Å². The smallest absolute Gasteiger partial charge is 0.260 e. The predicted molar refractivity (Wildman–Crippen MR) is 68.8 cm³/mol. The minimum Gasteiger partial charge on any atom is -0.493 e. The number of aryl methyl sites for hydroxylation is 1. The van der Waals surface area contributed by atoms with Crippen molar-refractivity contribution in [1.82, 2.24) is 9.78 Å². The van der Waals surface area contributed by atoms with Crippen LogP contribution >= 0.6 is 0 Å². The van der Waals surface area contributed by atoms with Gasteiger partial charge in [0.15, 0.2) is 5.82 Å². The van der Waals surface area contributed by atoms with Crippen molar-refractivity contribution >= 4 is 11.7 Å². The highest BCUT2D eigenvalue weighted by Gasteiger charge is 2.12. The average molecular weight is 245 g/mol. The van der Waals surface area contributed by atoms with Gasteiger partial charge in [-0.05, 0) is 19.1 Å². The highest BCUT2D eigenvalue weighted by molar-refractivity contribution is 6.05. The van der Waals surface area contributed by atoms with Gasteiger partial charge in [0.2, 0.25) is 0 Å². The zero-order valence-corrected chi connectivity index (χ0v) is 10.4. The quantitative estimate of drug-likeness (QED) is 0.897. The van der Waals surface area contributed by atoms with Crippen molar-refractivity contribution in [3.05, 3.63) is 42.1 Å². The van der Waals surface area contributed by atoms with Crippen LogP contribution in [0.15, 0.2) is 36.5 Å². The summed E-state index contributed by atoms with van der Waals surface area (Å²) in [6.07, 6.45) is 1.77. The van der Waals surface area contributed by atoms with Crippen molar-refractivity contribution in [3.8, 4) is 5.75 Å². The molecule has 1 amide bonds. The van der Waals surface area contributed by atoms with Crippen LogP contribution in [0, 0.1) is 0 Å². The lowest BCUT2D eigenvalue weighted by Gasteiger charge is -2.09. The number of anilines is 1. The van der Waals surface area contributed by atoms with E-state index < -0.39 is 0 Å². The Kier molecular flexibility index (Phi) is 3.62. The number of ether oxygens (including phenoxy) is 1. The van der Waals surface area contributed by atoms with E-state index in [9.17, 15) is 4.79 Å². The fourth-order valence-electron chi connectivity index (χ4n) is 1.60. The number of nitrogens with zero attached hydrogens (tertiary/aromatic N) is 2. The molecule has 1 N–H and O–H groups in total. The third-order valence-electron chi connectivity index (χ3n) is 2.39. The number of aromatic nitrogens is 2. The van der Waals surface area contributed by atoms with Crippen LogP contribution in [0.25, 0.3) is 0 Å². The van der Waals surface area contributed by atoms with Crippen LogP contribution in [0.2, 0.25) is 0 Å². The van der Waals surface area contributed by atoms with Crippen LogP contribution in [0.4, 0.5) is 5.82 Å².